The Morgan fingerprint density at radius 1 is 0.635 bits per heavy atom. The highest BCUT2D eigenvalue weighted by Crippen LogP contribution is 2.70. The predicted octanol–water partition coefficient (Wildman–Crippen LogP) is -0.830. The molecule has 0 aromatic carbocycles. The van der Waals surface area contributed by atoms with E-state index in [0.717, 1.165) is 70.0 Å². The summed E-state index contributed by atoms with van der Waals surface area (Å²) in [5.74, 6) is 3.56. The Morgan fingerprint density at radius 3 is 1.87 bits per heavy atom. The van der Waals surface area contributed by atoms with Crippen LogP contribution in [-0.2, 0) is 33.2 Å². The Bertz CT molecular complexity index is 1580. The average molecular weight is 903 g/mol. The van der Waals surface area contributed by atoms with Crippen LogP contribution in [0.3, 0.4) is 0 Å². The third kappa shape index (κ3) is 8.68. The number of allylic oxidation sites excluding steroid dienone is 1. The van der Waals surface area contributed by atoms with Crippen LogP contribution in [0, 0.1) is 46.3 Å². The summed E-state index contributed by atoms with van der Waals surface area (Å²) in [6, 6.07) is 0. The maximum absolute atomic E-state index is 11.2. The van der Waals surface area contributed by atoms with Gasteiger partial charge >= 0.3 is 0 Å². The van der Waals surface area contributed by atoms with Crippen molar-refractivity contribution in [3.8, 4) is 0 Å². The molecule has 4 aliphatic heterocycles. The van der Waals surface area contributed by atoms with Crippen LogP contribution in [0.4, 0.5) is 0 Å². The van der Waals surface area contributed by atoms with Crippen molar-refractivity contribution in [3.05, 3.63) is 11.3 Å². The summed E-state index contributed by atoms with van der Waals surface area (Å²) >= 11 is 0. The van der Waals surface area contributed by atoms with E-state index in [-0.39, 0.29) is 35.6 Å². The zero-order valence-electron chi connectivity index (χ0n) is 37.0. The zero-order valence-corrected chi connectivity index (χ0v) is 37.0. The first-order valence-corrected chi connectivity index (χ1v) is 23.5. The van der Waals surface area contributed by atoms with Gasteiger partial charge in [-0.1, -0.05) is 20.8 Å². The van der Waals surface area contributed by atoms with Crippen LogP contribution in [0.2, 0.25) is 0 Å². The van der Waals surface area contributed by atoms with E-state index in [0.29, 0.717) is 29.6 Å². The van der Waals surface area contributed by atoms with Gasteiger partial charge in [-0.15, -0.1) is 0 Å². The van der Waals surface area contributed by atoms with Gasteiger partial charge in [-0.05, 0) is 111 Å². The van der Waals surface area contributed by atoms with E-state index in [1.165, 1.54) is 5.57 Å². The topological polar surface area (TPSA) is 287 Å². The minimum absolute atomic E-state index is 0.0928. The summed E-state index contributed by atoms with van der Waals surface area (Å²) in [7, 11) is 0. The van der Waals surface area contributed by atoms with Crippen molar-refractivity contribution >= 4 is 0 Å². The fourth-order valence-electron chi connectivity index (χ4n) is 13.7. The molecule has 0 aromatic rings. The van der Waals surface area contributed by atoms with Crippen molar-refractivity contribution in [3.63, 3.8) is 0 Å². The van der Waals surface area contributed by atoms with E-state index in [4.69, 9.17) is 33.2 Å². The molecule has 0 aromatic heterocycles. The van der Waals surface area contributed by atoms with Crippen LogP contribution >= 0.6 is 0 Å². The van der Waals surface area contributed by atoms with E-state index in [1.807, 2.05) is 0 Å². The Morgan fingerprint density at radius 2 is 1.22 bits per heavy atom. The maximum Gasteiger partial charge on any atom is 0.187 e. The number of aliphatic hydroxyl groups excluding tert-OH is 11. The summed E-state index contributed by atoms with van der Waals surface area (Å²) in [5.41, 5.74) is 1.57. The number of fused-ring (bicyclic) bond motifs is 7. The molecule has 362 valence electrons. The lowest BCUT2D eigenvalue weighted by atomic mass is 9.44. The molecule has 18 heteroatoms. The summed E-state index contributed by atoms with van der Waals surface area (Å²) < 4.78 is 42.2. The van der Waals surface area contributed by atoms with Crippen molar-refractivity contribution < 1.29 is 89.3 Å². The van der Waals surface area contributed by atoms with E-state index in [2.05, 4.69) is 27.7 Å². The summed E-state index contributed by atoms with van der Waals surface area (Å²) in [6.45, 7) is 7.74. The zero-order chi connectivity index (χ0) is 45.3. The van der Waals surface area contributed by atoms with Crippen molar-refractivity contribution in [2.45, 2.75) is 196 Å². The van der Waals surface area contributed by atoms with Gasteiger partial charge in [0.2, 0.25) is 0 Å². The van der Waals surface area contributed by atoms with Crippen LogP contribution in [0.25, 0.3) is 0 Å². The highest BCUT2D eigenvalue weighted by Gasteiger charge is 2.65. The van der Waals surface area contributed by atoms with Crippen molar-refractivity contribution in [2.24, 2.45) is 46.3 Å². The van der Waals surface area contributed by atoms with Gasteiger partial charge in [-0.3, -0.25) is 0 Å². The molecule has 8 rings (SSSR count). The summed E-state index contributed by atoms with van der Waals surface area (Å²) in [4.78, 5) is 0. The van der Waals surface area contributed by atoms with E-state index >= 15 is 0 Å². The van der Waals surface area contributed by atoms with Gasteiger partial charge < -0.3 is 89.3 Å². The van der Waals surface area contributed by atoms with Gasteiger partial charge in [-0.2, -0.15) is 0 Å². The van der Waals surface area contributed by atoms with E-state index in [1.54, 1.807) is 0 Å². The molecule has 0 unspecified atom stereocenters. The van der Waals surface area contributed by atoms with Crippen LogP contribution < -0.4 is 0 Å². The number of rotatable bonds is 13. The second-order valence-electron chi connectivity index (χ2n) is 20.9. The Labute approximate surface area is 369 Å². The SMILES string of the molecule is CC1=C(CC[C@H](C)CO[C@@H]2O[C@H](CO)[C@@H](O)[C@H](O)[C@H]2O)O[C@H]2C[C@@H]3[C@@H]4CC[C@@H]5C[C@@H](O[C@@H]6O[C@H](CO)[C@@H](O)[C@H](O)[C@H]6O[C@@H]6O[C@H](CO)[C@@H](O)[C@H](O)[C@H]6O)CC[C@]5(C)[C@H]4CC[C@]3(C)[C@@H]12. The molecule has 4 heterocycles. The quantitative estimate of drug-likeness (QED) is 0.101. The molecule has 0 bridgehead atoms. The Balaban J connectivity index is 0.872. The fraction of sp³-hybridized carbons (Fsp3) is 0.956. The molecule has 3 saturated heterocycles. The summed E-state index contributed by atoms with van der Waals surface area (Å²) in [5, 5.41) is 113. The monoisotopic (exact) mass is 902 g/mol. The molecule has 7 fully saturated rings. The van der Waals surface area contributed by atoms with Gasteiger partial charge in [0.05, 0.1) is 38.3 Å². The van der Waals surface area contributed by atoms with Crippen molar-refractivity contribution in [1.82, 2.24) is 0 Å². The first-order valence-electron chi connectivity index (χ1n) is 23.5. The lowest BCUT2D eigenvalue weighted by molar-refractivity contribution is -0.373. The number of aliphatic hydroxyl groups is 11. The lowest BCUT2D eigenvalue weighted by Crippen LogP contribution is -2.65. The predicted molar refractivity (Wildman–Crippen MR) is 218 cm³/mol. The van der Waals surface area contributed by atoms with Crippen LogP contribution in [0.15, 0.2) is 11.3 Å². The molecule has 4 saturated carbocycles. The van der Waals surface area contributed by atoms with Crippen LogP contribution in [0.1, 0.15) is 91.9 Å². The second-order valence-corrected chi connectivity index (χ2v) is 20.9. The Hall–Kier alpha value is -1.14. The standard InChI is InChI=1S/C45H74O18/c1-19(18-57-41-38(55)35(52)32(49)28(15-46)60-41)5-8-26-20(2)31-27(59-26)14-25-23-7-6-21-13-22(9-11-44(21,3)24(23)10-12-45(25,31)4)58-43-40(37(54)34(51)30(17-48)62-43)63-42-39(56)36(53)33(50)29(16-47)61-42/h19,21-25,27-43,46-56H,5-18H2,1-4H3/t19-,21+,22-,23+,24-,25+,27-,28+,29+,30+,31-,32+,33+,34+,35-,36-,37-,38+,39+,40+,41+,42-,43+,44-,45-/m0/s1. The molecule has 63 heavy (non-hydrogen) atoms. The molecular formula is C45H74O18. The van der Waals surface area contributed by atoms with Gasteiger partial charge in [0, 0.05) is 12.3 Å². The first-order chi connectivity index (χ1) is 29.9. The highest BCUT2D eigenvalue weighted by atomic mass is 16.8. The normalized spacial score (nSPS) is 52.7. The minimum Gasteiger partial charge on any atom is -0.494 e. The summed E-state index contributed by atoms with van der Waals surface area (Å²) in [6.07, 6.45) is -12.1. The second kappa shape index (κ2) is 19.1. The first kappa shape index (κ1) is 48.3. The minimum atomic E-state index is -1.74. The van der Waals surface area contributed by atoms with Gasteiger partial charge in [-0.25, -0.2) is 0 Å². The molecular weight excluding hydrogens is 828 g/mol. The fourth-order valence-corrected chi connectivity index (χ4v) is 13.7. The van der Waals surface area contributed by atoms with E-state index < -0.39 is 112 Å². The highest BCUT2D eigenvalue weighted by molar-refractivity contribution is 5.26. The van der Waals surface area contributed by atoms with E-state index in [9.17, 15) is 56.2 Å². The molecule has 11 N–H and O–H groups in total. The van der Waals surface area contributed by atoms with Gasteiger partial charge in [0.1, 0.15) is 79.4 Å². The molecule has 18 nitrogen and oxygen atoms in total. The molecule has 0 spiro atoms. The number of hydrogen-bond donors (Lipinski definition) is 11. The van der Waals surface area contributed by atoms with Crippen molar-refractivity contribution in [1.29, 1.82) is 0 Å². The van der Waals surface area contributed by atoms with Crippen LogP contribution in [0.5, 0.6) is 0 Å². The lowest BCUT2D eigenvalue weighted by Gasteiger charge is -2.61. The molecule has 8 aliphatic rings. The molecule has 25 atom stereocenters. The van der Waals surface area contributed by atoms with Crippen molar-refractivity contribution in [2.75, 3.05) is 26.4 Å². The maximum atomic E-state index is 11.2. The largest absolute Gasteiger partial charge is 0.494 e. The average Bonchev–Trinajstić information content (AvgIpc) is 3.76. The molecule has 0 amide bonds. The third-order valence-corrected chi connectivity index (χ3v) is 17.4. The Kier molecular flexibility index (Phi) is 14.6. The smallest absolute Gasteiger partial charge is 0.187 e. The third-order valence-electron chi connectivity index (χ3n) is 17.4. The number of ether oxygens (including phenoxy) is 7. The molecule has 4 aliphatic carbocycles. The number of hydrogen-bond acceptors (Lipinski definition) is 18. The van der Waals surface area contributed by atoms with Gasteiger partial charge in [0.15, 0.2) is 18.9 Å². The molecule has 0 radical (unpaired) electrons. The van der Waals surface area contributed by atoms with Crippen LogP contribution in [-0.4, -0.2) is 187 Å². The van der Waals surface area contributed by atoms with Gasteiger partial charge in [0.25, 0.3) is 0 Å².